The van der Waals surface area contributed by atoms with Crippen molar-refractivity contribution in [3.63, 3.8) is 0 Å². The lowest BCUT2D eigenvalue weighted by Gasteiger charge is -2.39. The average Bonchev–Trinajstić information content (AvgIpc) is 2.81. The third-order valence-electron chi connectivity index (χ3n) is 5.62. The molecule has 2 atom stereocenters. The largest absolute Gasteiger partial charge is 0.493 e. The summed E-state index contributed by atoms with van der Waals surface area (Å²) in [5, 5.41) is 10.2. The molecular formula is C25H23NO6. The Morgan fingerprint density at radius 2 is 1.56 bits per heavy atom. The van der Waals surface area contributed by atoms with Crippen LogP contribution in [0.2, 0.25) is 0 Å². The Bertz CT molecular complexity index is 1160. The number of ether oxygens (including phenoxy) is 3. The number of benzene rings is 3. The zero-order valence-corrected chi connectivity index (χ0v) is 17.9. The summed E-state index contributed by atoms with van der Waals surface area (Å²) < 4.78 is 16.6. The molecule has 0 aromatic heterocycles. The highest BCUT2D eigenvalue weighted by atomic mass is 16.5. The quantitative estimate of drug-likeness (QED) is 0.617. The molecule has 32 heavy (non-hydrogen) atoms. The van der Waals surface area contributed by atoms with Gasteiger partial charge in [-0.25, -0.2) is 0 Å². The number of rotatable bonds is 6. The minimum atomic E-state index is -1.04. The van der Waals surface area contributed by atoms with Gasteiger partial charge >= 0.3 is 5.97 Å². The first-order valence-corrected chi connectivity index (χ1v) is 10.0. The van der Waals surface area contributed by atoms with Gasteiger partial charge in [0, 0.05) is 12.6 Å². The van der Waals surface area contributed by atoms with Gasteiger partial charge in [0.15, 0.2) is 11.5 Å². The summed E-state index contributed by atoms with van der Waals surface area (Å²) >= 11 is 0. The number of carboxylic acids is 1. The maximum absolute atomic E-state index is 13.2. The van der Waals surface area contributed by atoms with Crippen LogP contribution in [0.5, 0.6) is 23.0 Å². The highest BCUT2D eigenvalue weighted by molar-refractivity contribution is 6.01. The minimum Gasteiger partial charge on any atom is -0.493 e. The number of aliphatic carboxylic acids is 1. The molecule has 3 aromatic rings. The van der Waals surface area contributed by atoms with Crippen molar-refractivity contribution in [1.29, 1.82) is 0 Å². The normalized spacial score (nSPS) is 17.5. The monoisotopic (exact) mass is 433 g/mol. The van der Waals surface area contributed by atoms with Crippen molar-refractivity contribution in [2.75, 3.05) is 21.3 Å². The van der Waals surface area contributed by atoms with Crippen LogP contribution in [0.15, 0.2) is 66.7 Å². The van der Waals surface area contributed by atoms with Gasteiger partial charge in [-0.15, -0.1) is 0 Å². The Hall–Kier alpha value is -4.00. The van der Waals surface area contributed by atoms with Gasteiger partial charge in [-0.3, -0.25) is 9.59 Å². The molecule has 164 valence electrons. The Kier molecular flexibility index (Phi) is 5.73. The molecule has 7 heteroatoms. The highest BCUT2D eigenvalue weighted by Gasteiger charge is 2.43. The van der Waals surface area contributed by atoms with Crippen LogP contribution in [-0.2, 0) is 4.79 Å². The van der Waals surface area contributed by atoms with E-state index in [1.165, 1.54) is 25.2 Å². The molecule has 0 bridgehead atoms. The molecule has 1 N–H and O–H groups in total. The van der Waals surface area contributed by atoms with Gasteiger partial charge in [0.05, 0.1) is 20.3 Å². The molecule has 7 nitrogen and oxygen atoms in total. The van der Waals surface area contributed by atoms with E-state index in [-0.39, 0.29) is 11.5 Å². The third kappa shape index (κ3) is 3.73. The van der Waals surface area contributed by atoms with Gasteiger partial charge in [-0.2, -0.15) is 0 Å². The van der Waals surface area contributed by atoms with Crippen LogP contribution in [0.1, 0.15) is 33.4 Å². The topological polar surface area (TPSA) is 85.3 Å². The van der Waals surface area contributed by atoms with Crippen molar-refractivity contribution in [2.45, 2.75) is 12.0 Å². The second-order valence-corrected chi connectivity index (χ2v) is 7.46. The van der Waals surface area contributed by atoms with Crippen molar-refractivity contribution < 1.29 is 28.9 Å². The number of nitrogens with zero attached hydrogens (tertiary/aromatic N) is 1. The van der Waals surface area contributed by atoms with Gasteiger partial charge in [-0.1, -0.05) is 30.3 Å². The summed E-state index contributed by atoms with van der Waals surface area (Å²) in [6.07, 6.45) is 0. The number of likely N-dealkylation sites (N-methyl/N-ethyl adjacent to an activating group) is 1. The van der Waals surface area contributed by atoms with E-state index in [1.54, 1.807) is 37.4 Å². The Balaban J connectivity index is 1.80. The lowest BCUT2D eigenvalue weighted by Crippen LogP contribution is -2.42. The molecule has 0 radical (unpaired) electrons. The van der Waals surface area contributed by atoms with Crippen LogP contribution in [0.25, 0.3) is 0 Å². The first kappa shape index (κ1) is 21.2. The predicted molar refractivity (Wildman–Crippen MR) is 118 cm³/mol. The van der Waals surface area contributed by atoms with E-state index in [4.69, 9.17) is 14.2 Å². The van der Waals surface area contributed by atoms with Gasteiger partial charge in [0.2, 0.25) is 0 Å². The number of methoxy groups -OCH3 is 2. The molecule has 0 saturated heterocycles. The number of hydrogen-bond acceptors (Lipinski definition) is 5. The lowest BCUT2D eigenvalue weighted by atomic mass is 9.79. The van der Waals surface area contributed by atoms with Crippen LogP contribution in [0.4, 0.5) is 0 Å². The average molecular weight is 433 g/mol. The SMILES string of the molecule is COc1cc2c(cc1OC)[C@@H](C(=O)O)[C@@H](c1cccc(Oc3ccccc3)c1)N(C)C2=O. The molecule has 1 aliphatic rings. The van der Waals surface area contributed by atoms with Crippen LogP contribution in [0.3, 0.4) is 0 Å². The van der Waals surface area contributed by atoms with Crippen molar-refractivity contribution in [1.82, 2.24) is 4.90 Å². The fraction of sp³-hybridized carbons (Fsp3) is 0.200. The molecule has 3 aromatic carbocycles. The molecule has 0 aliphatic carbocycles. The smallest absolute Gasteiger partial charge is 0.313 e. The fourth-order valence-corrected chi connectivity index (χ4v) is 4.12. The van der Waals surface area contributed by atoms with Gasteiger partial charge in [0.25, 0.3) is 5.91 Å². The Labute approximate surface area is 185 Å². The standard InChI is InChI=1S/C25H23NO6/c1-26-23(15-8-7-11-17(12-15)32-16-9-5-4-6-10-16)22(25(28)29)18-13-20(30-2)21(31-3)14-19(18)24(26)27/h4-14,22-23H,1-3H3,(H,28,29)/t22-,23-/m1/s1. The predicted octanol–water partition coefficient (Wildman–Crippen LogP) is 4.49. The van der Waals surface area contributed by atoms with Crippen molar-refractivity contribution >= 4 is 11.9 Å². The van der Waals surface area contributed by atoms with E-state index in [9.17, 15) is 14.7 Å². The number of amides is 1. The van der Waals surface area contributed by atoms with E-state index in [2.05, 4.69) is 0 Å². The first-order chi connectivity index (χ1) is 15.4. The molecule has 4 rings (SSSR count). The number of carbonyl (C=O) groups is 2. The number of carboxylic acid groups (broad SMARTS) is 1. The van der Waals surface area contributed by atoms with Crippen LogP contribution in [-0.4, -0.2) is 43.2 Å². The number of carbonyl (C=O) groups excluding carboxylic acids is 1. The summed E-state index contributed by atoms with van der Waals surface area (Å²) in [6, 6.07) is 18.8. The summed E-state index contributed by atoms with van der Waals surface area (Å²) in [4.78, 5) is 27.1. The van der Waals surface area contributed by atoms with Crippen LogP contribution in [0, 0.1) is 0 Å². The fourth-order valence-electron chi connectivity index (χ4n) is 4.12. The summed E-state index contributed by atoms with van der Waals surface area (Å²) in [5.41, 5.74) is 1.32. The summed E-state index contributed by atoms with van der Waals surface area (Å²) in [6.45, 7) is 0. The molecule has 0 unspecified atom stereocenters. The van der Waals surface area contributed by atoms with E-state index in [1.807, 2.05) is 30.3 Å². The Morgan fingerprint density at radius 3 is 2.22 bits per heavy atom. The number of para-hydroxylation sites is 1. The molecule has 1 heterocycles. The van der Waals surface area contributed by atoms with Crippen molar-refractivity contribution in [3.8, 4) is 23.0 Å². The first-order valence-electron chi connectivity index (χ1n) is 10.0. The minimum absolute atomic E-state index is 0.283. The molecule has 1 aliphatic heterocycles. The Morgan fingerprint density at radius 1 is 0.906 bits per heavy atom. The maximum Gasteiger partial charge on any atom is 0.313 e. The molecule has 0 spiro atoms. The maximum atomic E-state index is 13.2. The van der Waals surface area contributed by atoms with Gasteiger partial charge < -0.3 is 24.2 Å². The second kappa shape index (κ2) is 8.63. The van der Waals surface area contributed by atoms with Crippen molar-refractivity contribution in [3.05, 3.63) is 83.4 Å². The summed E-state index contributed by atoms with van der Waals surface area (Å²) in [7, 11) is 4.54. The number of fused-ring (bicyclic) bond motifs is 1. The van der Waals surface area contributed by atoms with E-state index >= 15 is 0 Å². The van der Waals surface area contributed by atoms with Gasteiger partial charge in [-0.05, 0) is 47.5 Å². The molecular weight excluding hydrogens is 410 g/mol. The van der Waals surface area contributed by atoms with Crippen molar-refractivity contribution in [2.24, 2.45) is 0 Å². The summed E-state index contributed by atoms with van der Waals surface area (Å²) in [5.74, 6) is -0.385. The highest BCUT2D eigenvalue weighted by Crippen LogP contribution is 2.46. The zero-order valence-electron chi connectivity index (χ0n) is 17.9. The number of hydrogen-bond donors (Lipinski definition) is 1. The second-order valence-electron chi connectivity index (χ2n) is 7.46. The molecule has 0 fully saturated rings. The molecule has 0 saturated carbocycles. The van der Waals surface area contributed by atoms with Crippen LogP contribution >= 0.6 is 0 Å². The third-order valence-corrected chi connectivity index (χ3v) is 5.62. The van der Waals surface area contributed by atoms with Gasteiger partial charge in [0.1, 0.15) is 17.4 Å². The van der Waals surface area contributed by atoms with E-state index in [0.29, 0.717) is 34.1 Å². The van der Waals surface area contributed by atoms with Crippen LogP contribution < -0.4 is 14.2 Å². The van der Waals surface area contributed by atoms with E-state index < -0.39 is 17.9 Å². The lowest BCUT2D eigenvalue weighted by molar-refractivity contribution is -0.140. The molecule has 1 amide bonds. The zero-order chi connectivity index (χ0) is 22.8. The van der Waals surface area contributed by atoms with E-state index in [0.717, 1.165) is 0 Å².